The van der Waals surface area contributed by atoms with Gasteiger partial charge in [-0.2, -0.15) is 0 Å². The number of nitrogens with one attached hydrogen (secondary N) is 1. The zero-order valence-electron chi connectivity index (χ0n) is 13.9. The van der Waals surface area contributed by atoms with Gasteiger partial charge in [-0.3, -0.25) is 0 Å². The first-order chi connectivity index (χ1) is 9.93. The molecule has 0 saturated carbocycles. The van der Waals surface area contributed by atoms with Crippen molar-refractivity contribution in [2.45, 2.75) is 60.0 Å². The first-order valence-corrected chi connectivity index (χ1v) is 8.54. The normalized spacial score (nSPS) is 12.9. The summed E-state index contributed by atoms with van der Waals surface area (Å²) in [6.07, 6.45) is 1.00. The first kappa shape index (κ1) is 16.2. The smallest absolute Gasteiger partial charge is 0.115 e. The monoisotopic (exact) mass is 302 g/mol. The molecule has 0 fully saturated rings. The van der Waals surface area contributed by atoms with Crippen molar-refractivity contribution in [1.29, 1.82) is 0 Å². The maximum atomic E-state index is 4.90. The minimum Gasteiger partial charge on any atom is -0.302 e. The first-order valence-electron chi connectivity index (χ1n) is 7.72. The second-order valence-corrected chi connectivity index (χ2v) is 7.20. The lowest BCUT2D eigenvalue weighted by Crippen LogP contribution is -2.30. The number of nitrogens with zero attached hydrogens (tertiary/aromatic N) is 1. The maximum absolute atomic E-state index is 4.90. The Hall–Kier alpha value is -1.19. The molecule has 0 saturated heterocycles. The third-order valence-electron chi connectivity index (χ3n) is 3.82. The molecule has 0 bridgehead atoms. The molecular formula is C18H26N2S. The van der Waals surface area contributed by atoms with Crippen molar-refractivity contribution in [2.24, 2.45) is 0 Å². The quantitative estimate of drug-likeness (QED) is 0.864. The lowest BCUT2D eigenvalue weighted by molar-refractivity contribution is 0.523. The fourth-order valence-electron chi connectivity index (χ4n) is 2.80. The van der Waals surface area contributed by atoms with Crippen LogP contribution in [-0.2, 0) is 6.42 Å². The number of hydrogen-bond acceptors (Lipinski definition) is 3. The molecule has 0 aliphatic carbocycles. The Morgan fingerprint density at radius 3 is 2.24 bits per heavy atom. The van der Waals surface area contributed by atoms with Crippen LogP contribution in [0.1, 0.15) is 59.1 Å². The highest BCUT2D eigenvalue weighted by molar-refractivity contribution is 7.11. The summed E-state index contributed by atoms with van der Waals surface area (Å²) >= 11 is 1.83. The van der Waals surface area contributed by atoms with Gasteiger partial charge in [-0.05, 0) is 57.7 Å². The van der Waals surface area contributed by atoms with E-state index in [4.69, 9.17) is 4.98 Å². The van der Waals surface area contributed by atoms with E-state index < -0.39 is 0 Å². The number of aromatic nitrogens is 1. The standard InChI is InChI=1S/C18H26N2S/c1-7-15-14(6)21-18(20-15)17(19-11(2)3)16-12(4)9-8-10-13(16)5/h8-11,17,19H,7H2,1-6H3. The predicted octanol–water partition coefficient (Wildman–Crippen LogP) is 4.72. The Bertz CT molecular complexity index is 593. The fraction of sp³-hybridized carbons (Fsp3) is 0.500. The summed E-state index contributed by atoms with van der Waals surface area (Å²) in [5.74, 6) is 0. The molecule has 2 nitrogen and oxygen atoms in total. The lowest BCUT2D eigenvalue weighted by atomic mass is 9.96. The molecule has 1 heterocycles. The predicted molar refractivity (Wildman–Crippen MR) is 92.3 cm³/mol. The molecule has 0 radical (unpaired) electrons. The minimum absolute atomic E-state index is 0.190. The summed E-state index contributed by atoms with van der Waals surface area (Å²) in [5.41, 5.74) is 5.28. The van der Waals surface area contributed by atoms with E-state index in [9.17, 15) is 0 Å². The number of rotatable bonds is 5. The third-order valence-corrected chi connectivity index (χ3v) is 4.90. The fourth-order valence-corrected chi connectivity index (χ4v) is 3.88. The Morgan fingerprint density at radius 2 is 1.76 bits per heavy atom. The summed E-state index contributed by atoms with van der Waals surface area (Å²) in [6.45, 7) is 13.1. The Morgan fingerprint density at radius 1 is 1.14 bits per heavy atom. The van der Waals surface area contributed by atoms with Gasteiger partial charge in [-0.1, -0.05) is 25.1 Å². The summed E-state index contributed by atoms with van der Waals surface area (Å²) < 4.78 is 0. The number of benzene rings is 1. The van der Waals surface area contributed by atoms with Crippen LogP contribution < -0.4 is 5.32 Å². The van der Waals surface area contributed by atoms with Gasteiger partial charge in [0.25, 0.3) is 0 Å². The van der Waals surface area contributed by atoms with Crippen LogP contribution in [0.4, 0.5) is 0 Å². The highest BCUT2D eigenvalue weighted by Crippen LogP contribution is 2.32. The van der Waals surface area contributed by atoms with Gasteiger partial charge in [0.2, 0.25) is 0 Å². The molecule has 0 amide bonds. The van der Waals surface area contributed by atoms with Crippen molar-refractivity contribution < 1.29 is 0 Å². The van der Waals surface area contributed by atoms with E-state index in [1.807, 2.05) is 11.3 Å². The van der Waals surface area contributed by atoms with E-state index in [-0.39, 0.29) is 6.04 Å². The highest BCUT2D eigenvalue weighted by atomic mass is 32.1. The van der Waals surface area contributed by atoms with Crippen LogP contribution in [0, 0.1) is 20.8 Å². The average Bonchev–Trinajstić information content (AvgIpc) is 2.78. The van der Waals surface area contributed by atoms with Gasteiger partial charge in [0.15, 0.2) is 0 Å². The van der Waals surface area contributed by atoms with Crippen LogP contribution in [0.25, 0.3) is 0 Å². The van der Waals surface area contributed by atoms with Crippen LogP contribution in [0.5, 0.6) is 0 Å². The van der Waals surface area contributed by atoms with Gasteiger partial charge < -0.3 is 5.32 Å². The van der Waals surface area contributed by atoms with Crippen LogP contribution in [-0.4, -0.2) is 11.0 Å². The number of aryl methyl sites for hydroxylation is 4. The molecule has 3 heteroatoms. The average molecular weight is 302 g/mol. The van der Waals surface area contributed by atoms with E-state index in [1.165, 1.54) is 32.3 Å². The van der Waals surface area contributed by atoms with Crippen molar-refractivity contribution in [1.82, 2.24) is 10.3 Å². The van der Waals surface area contributed by atoms with Gasteiger partial charge in [0.1, 0.15) is 5.01 Å². The molecular weight excluding hydrogens is 276 g/mol. The largest absolute Gasteiger partial charge is 0.302 e. The second kappa shape index (κ2) is 6.71. The van der Waals surface area contributed by atoms with Gasteiger partial charge in [-0.25, -0.2) is 4.98 Å². The molecule has 0 spiro atoms. The molecule has 0 aliphatic heterocycles. The Labute approximate surface area is 132 Å². The molecule has 1 atom stereocenters. The van der Waals surface area contributed by atoms with Gasteiger partial charge in [0, 0.05) is 10.9 Å². The lowest BCUT2D eigenvalue weighted by Gasteiger charge is -2.23. The topological polar surface area (TPSA) is 24.9 Å². The third kappa shape index (κ3) is 3.53. The summed E-state index contributed by atoms with van der Waals surface area (Å²) in [4.78, 5) is 6.24. The van der Waals surface area contributed by atoms with Gasteiger partial charge in [0.05, 0.1) is 11.7 Å². The SMILES string of the molecule is CCc1nc(C(NC(C)C)c2c(C)cccc2C)sc1C. The maximum Gasteiger partial charge on any atom is 0.115 e. The van der Waals surface area contributed by atoms with Crippen LogP contribution in [0.15, 0.2) is 18.2 Å². The summed E-state index contributed by atoms with van der Waals surface area (Å²) in [6, 6.07) is 7.13. The Balaban J connectivity index is 2.52. The van der Waals surface area contributed by atoms with Crippen LogP contribution in [0.2, 0.25) is 0 Å². The molecule has 1 aromatic heterocycles. The minimum atomic E-state index is 0.190. The van der Waals surface area contributed by atoms with Crippen molar-refractivity contribution in [3.63, 3.8) is 0 Å². The number of hydrogen-bond donors (Lipinski definition) is 1. The number of thiazole rings is 1. The molecule has 21 heavy (non-hydrogen) atoms. The van der Waals surface area contributed by atoms with Crippen molar-refractivity contribution >= 4 is 11.3 Å². The van der Waals surface area contributed by atoms with E-state index in [2.05, 4.69) is 65.1 Å². The molecule has 1 N–H and O–H groups in total. The Kier molecular flexibility index (Phi) is 5.17. The van der Waals surface area contributed by atoms with Gasteiger partial charge >= 0.3 is 0 Å². The second-order valence-electron chi connectivity index (χ2n) is 5.97. The molecule has 0 aliphatic rings. The van der Waals surface area contributed by atoms with E-state index in [0.717, 1.165) is 6.42 Å². The van der Waals surface area contributed by atoms with Crippen molar-refractivity contribution in [3.8, 4) is 0 Å². The summed E-state index contributed by atoms with van der Waals surface area (Å²) in [5, 5.41) is 4.90. The summed E-state index contributed by atoms with van der Waals surface area (Å²) in [7, 11) is 0. The molecule has 2 rings (SSSR count). The van der Waals surface area contributed by atoms with Crippen LogP contribution >= 0.6 is 11.3 Å². The van der Waals surface area contributed by atoms with Gasteiger partial charge in [-0.15, -0.1) is 11.3 Å². The molecule has 114 valence electrons. The molecule has 1 aromatic carbocycles. The van der Waals surface area contributed by atoms with E-state index in [0.29, 0.717) is 6.04 Å². The van der Waals surface area contributed by atoms with E-state index >= 15 is 0 Å². The molecule has 2 aromatic rings. The molecule has 1 unspecified atom stereocenters. The van der Waals surface area contributed by atoms with Crippen molar-refractivity contribution in [3.05, 3.63) is 50.5 Å². The van der Waals surface area contributed by atoms with Crippen molar-refractivity contribution in [2.75, 3.05) is 0 Å². The zero-order valence-corrected chi connectivity index (χ0v) is 14.8. The zero-order chi connectivity index (χ0) is 15.6. The van der Waals surface area contributed by atoms with E-state index in [1.54, 1.807) is 0 Å². The van der Waals surface area contributed by atoms with Crippen LogP contribution in [0.3, 0.4) is 0 Å². The highest BCUT2D eigenvalue weighted by Gasteiger charge is 2.23.